The Bertz CT molecular complexity index is 1030. The van der Waals surface area contributed by atoms with Crippen molar-refractivity contribution in [2.75, 3.05) is 5.73 Å². The Morgan fingerprint density at radius 2 is 1.96 bits per heavy atom. The molecule has 3 aromatic rings. The van der Waals surface area contributed by atoms with E-state index in [0.717, 1.165) is 18.4 Å². The molecular weight excluding hydrogens is 308 g/mol. The van der Waals surface area contributed by atoms with Crippen LogP contribution in [-0.2, 0) is 0 Å². The molecule has 2 heterocycles. The molecule has 0 atom stereocenters. The Morgan fingerprint density at radius 3 is 2.67 bits per heavy atom. The van der Waals surface area contributed by atoms with Gasteiger partial charge in [-0.05, 0) is 42.5 Å². The van der Waals surface area contributed by atoms with Gasteiger partial charge in [0.25, 0.3) is 0 Å². The fourth-order valence-electron chi connectivity index (χ4n) is 3.50. The lowest BCUT2D eigenvalue weighted by Crippen LogP contribution is -2.10. The van der Waals surface area contributed by atoms with E-state index in [1.165, 1.54) is 18.9 Å². The minimum Gasteiger partial charge on any atom is -0.478 e. The highest BCUT2D eigenvalue weighted by molar-refractivity contribution is 5.98. The van der Waals surface area contributed by atoms with Crippen molar-refractivity contribution in [2.45, 2.75) is 31.6 Å². The normalized spacial score (nSPS) is 15.3. The minimum absolute atomic E-state index is 0.0589. The maximum atomic E-state index is 12.8. The third kappa shape index (κ3) is 2.22. The summed E-state index contributed by atoms with van der Waals surface area (Å²) in [5.74, 6) is -0.912. The zero-order valence-corrected chi connectivity index (χ0v) is 12.9. The molecule has 0 radical (unpaired) electrons. The first-order valence-electron chi connectivity index (χ1n) is 7.95. The van der Waals surface area contributed by atoms with E-state index in [1.54, 1.807) is 6.07 Å². The van der Waals surface area contributed by atoms with Gasteiger partial charge in [0.2, 0.25) is 11.1 Å². The van der Waals surface area contributed by atoms with Crippen LogP contribution in [0.5, 0.6) is 0 Å². The molecule has 122 valence electrons. The van der Waals surface area contributed by atoms with Crippen LogP contribution in [0.15, 0.2) is 33.5 Å². The number of carboxylic acid groups (broad SMARTS) is 1. The minimum atomic E-state index is -1.22. The average molecular weight is 324 g/mol. The van der Waals surface area contributed by atoms with E-state index in [2.05, 4.69) is 4.98 Å². The highest BCUT2D eigenvalue weighted by atomic mass is 16.4. The second-order valence-electron chi connectivity index (χ2n) is 6.25. The lowest BCUT2D eigenvalue weighted by Gasteiger charge is -2.10. The first kappa shape index (κ1) is 14.7. The van der Waals surface area contributed by atoms with Gasteiger partial charge >= 0.3 is 5.97 Å². The first-order valence-corrected chi connectivity index (χ1v) is 7.95. The number of aromatic carboxylic acids is 1. The summed E-state index contributed by atoms with van der Waals surface area (Å²) in [4.78, 5) is 28.0. The average Bonchev–Trinajstić information content (AvgIpc) is 3.08. The van der Waals surface area contributed by atoms with Crippen molar-refractivity contribution in [3.8, 4) is 0 Å². The summed E-state index contributed by atoms with van der Waals surface area (Å²) in [6.07, 6.45) is 4.68. The second kappa shape index (κ2) is 5.33. The smallest absolute Gasteiger partial charge is 0.339 e. The van der Waals surface area contributed by atoms with E-state index < -0.39 is 5.97 Å². The maximum absolute atomic E-state index is 12.8. The molecule has 2 aromatic heterocycles. The molecule has 6 heteroatoms. The molecule has 0 spiro atoms. The molecular formula is C18H16N2O4. The van der Waals surface area contributed by atoms with E-state index in [4.69, 9.17) is 15.3 Å². The van der Waals surface area contributed by atoms with Crippen molar-refractivity contribution in [2.24, 2.45) is 0 Å². The first-order chi connectivity index (χ1) is 11.5. The Kier molecular flexibility index (Phi) is 3.26. The summed E-state index contributed by atoms with van der Waals surface area (Å²) in [6.45, 7) is 0. The van der Waals surface area contributed by atoms with Gasteiger partial charge in [-0.25, -0.2) is 4.79 Å². The third-order valence-electron chi connectivity index (χ3n) is 4.77. The number of aromatic nitrogens is 1. The number of nitrogens with two attached hydrogens (primary N) is 1. The molecule has 3 N–H and O–H groups in total. The predicted molar refractivity (Wildman–Crippen MR) is 90.4 cm³/mol. The van der Waals surface area contributed by atoms with Gasteiger partial charge in [0.15, 0.2) is 0 Å². The topological polar surface area (TPSA) is 106 Å². The molecule has 0 aliphatic heterocycles. The van der Waals surface area contributed by atoms with Crippen LogP contribution in [0.3, 0.4) is 0 Å². The number of benzene rings is 1. The van der Waals surface area contributed by atoms with E-state index in [0.29, 0.717) is 16.9 Å². The molecule has 1 saturated carbocycles. The number of anilines is 1. The standard InChI is InChI=1S/C18H16N2O4/c19-16-13(18(22)23)8-12-15(21)11-7-10(9-3-1-2-4-9)5-6-14(11)24-17(12)20-16/h5-9H,1-4H2,(H2,19,20)(H,22,23). The van der Waals surface area contributed by atoms with Crippen molar-refractivity contribution in [1.82, 2.24) is 4.98 Å². The molecule has 0 bridgehead atoms. The van der Waals surface area contributed by atoms with Crippen molar-refractivity contribution in [3.63, 3.8) is 0 Å². The van der Waals surface area contributed by atoms with Gasteiger partial charge < -0.3 is 15.3 Å². The summed E-state index contributed by atoms with van der Waals surface area (Å²) in [6, 6.07) is 6.88. The second-order valence-corrected chi connectivity index (χ2v) is 6.25. The molecule has 24 heavy (non-hydrogen) atoms. The van der Waals surface area contributed by atoms with E-state index in [9.17, 15) is 9.59 Å². The van der Waals surface area contributed by atoms with Gasteiger partial charge in [-0.1, -0.05) is 18.9 Å². The number of hydrogen-bond acceptors (Lipinski definition) is 5. The van der Waals surface area contributed by atoms with Gasteiger partial charge in [-0.2, -0.15) is 4.98 Å². The summed E-state index contributed by atoms with van der Waals surface area (Å²) in [5, 5.41) is 9.75. The summed E-state index contributed by atoms with van der Waals surface area (Å²) in [7, 11) is 0. The molecule has 6 nitrogen and oxygen atoms in total. The molecule has 0 amide bonds. The number of carbonyl (C=O) groups is 1. The Morgan fingerprint density at radius 1 is 1.21 bits per heavy atom. The van der Waals surface area contributed by atoms with Gasteiger partial charge in [0, 0.05) is 0 Å². The molecule has 4 rings (SSSR count). The number of nitrogen functional groups attached to an aromatic ring is 1. The van der Waals surface area contributed by atoms with E-state index in [1.807, 2.05) is 12.1 Å². The van der Waals surface area contributed by atoms with Crippen molar-refractivity contribution < 1.29 is 14.3 Å². The van der Waals surface area contributed by atoms with E-state index >= 15 is 0 Å². The van der Waals surface area contributed by atoms with Crippen LogP contribution in [-0.4, -0.2) is 16.1 Å². The predicted octanol–water partition coefficient (Wildman–Crippen LogP) is 3.28. The van der Waals surface area contributed by atoms with Crippen molar-refractivity contribution in [3.05, 3.63) is 45.6 Å². The third-order valence-corrected chi connectivity index (χ3v) is 4.77. The summed E-state index contributed by atoms with van der Waals surface area (Å²) in [5.41, 5.74) is 6.79. The van der Waals surface area contributed by atoms with Gasteiger partial charge in [0.05, 0.1) is 10.8 Å². The van der Waals surface area contributed by atoms with Crippen LogP contribution in [0.25, 0.3) is 22.1 Å². The Hall–Kier alpha value is -2.89. The highest BCUT2D eigenvalue weighted by Crippen LogP contribution is 2.35. The van der Waals surface area contributed by atoms with Crippen molar-refractivity contribution >= 4 is 33.9 Å². The van der Waals surface area contributed by atoms with Crippen molar-refractivity contribution in [1.29, 1.82) is 0 Å². The van der Waals surface area contributed by atoms with Crippen LogP contribution in [0.1, 0.15) is 47.5 Å². The highest BCUT2D eigenvalue weighted by Gasteiger charge is 2.20. The maximum Gasteiger partial charge on any atom is 0.339 e. The largest absolute Gasteiger partial charge is 0.478 e. The Balaban J connectivity index is 1.99. The summed E-state index contributed by atoms with van der Waals surface area (Å²) < 4.78 is 5.68. The van der Waals surface area contributed by atoms with Crippen LogP contribution in [0, 0.1) is 0 Å². The summed E-state index contributed by atoms with van der Waals surface area (Å²) >= 11 is 0. The Labute approximate surface area is 136 Å². The van der Waals surface area contributed by atoms with Crippen LogP contribution in [0.4, 0.5) is 5.82 Å². The number of pyridine rings is 1. The fourth-order valence-corrected chi connectivity index (χ4v) is 3.50. The SMILES string of the molecule is Nc1nc2oc3ccc(C4CCCC4)cc3c(=O)c2cc1C(=O)O. The molecule has 1 aliphatic rings. The number of hydrogen-bond donors (Lipinski definition) is 2. The quantitative estimate of drug-likeness (QED) is 0.701. The number of rotatable bonds is 2. The molecule has 1 fully saturated rings. The monoisotopic (exact) mass is 324 g/mol. The van der Waals surface area contributed by atoms with Gasteiger partial charge in [0.1, 0.15) is 17.0 Å². The number of nitrogens with zero attached hydrogens (tertiary/aromatic N) is 1. The molecule has 0 unspecified atom stereocenters. The number of fused-ring (bicyclic) bond motifs is 2. The zero-order valence-electron chi connectivity index (χ0n) is 12.9. The van der Waals surface area contributed by atoms with Crippen LogP contribution < -0.4 is 11.2 Å². The van der Waals surface area contributed by atoms with E-state index in [-0.39, 0.29) is 27.9 Å². The lowest BCUT2D eigenvalue weighted by molar-refractivity contribution is 0.0698. The van der Waals surface area contributed by atoms with Crippen LogP contribution in [0.2, 0.25) is 0 Å². The van der Waals surface area contributed by atoms with Crippen LogP contribution >= 0.6 is 0 Å². The molecule has 1 aliphatic carbocycles. The van der Waals surface area contributed by atoms with Gasteiger partial charge in [-0.15, -0.1) is 0 Å². The lowest BCUT2D eigenvalue weighted by atomic mass is 9.96. The van der Waals surface area contributed by atoms with Gasteiger partial charge in [-0.3, -0.25) is 4.79 Å². The number of carboxylic acids is 1. The zero-order chi connectivity index (χ0) is 16.8. The molecule has 0 saturated heterocycles. The fraction of sp³-hybridized carbons (Fsp3) is 0.278. The molecule has 1 aromatic carbocycles.